The molecule has 2 aliphatic rings. The maximum absolute atomic E-state index is 10.3. The van der Waals surface area contributed by atoms with E-state index >= 15 is 0 Å². The highest BCUT2D eigenvalue weighted by Gasteiger charge is 2.32. The van der Waals surface area contributed by atoms with E-state index in [-0.39, 0.29) is 6.10 Å². The lowest BCUT2D eigenvalue weighted by atomic mass is 9.77. The molecule has 0 aromatic heterocycles. The smallest absolute Gasteiger partial charge is 0.0580 e. The van der Waals surface area contributed by atoms with Crippen LogP contribution in [0, 0.1) is 11.8 Å². The second-order valence-corrected chi connectivity index (χ2v) is 8.25. The summed E-state index contributed by atoms with van der Waals surface area (Å²) < 4.78 is 0. The summed E-state index contributed by atoms with van der Waals surface area (Å²) in [4.78, 5) is 5.17. The first kappa shape index (κ1) is 17.2. The van der Waals surface area contributed by atoms with Crippen LogP contribution in [0.3, 0.4) is 0 Å². The van der Waals surface area contributed by atoms with Gasteiger partial charge < -0.3 is 10.0 Å². The first-order valence-corrected chi connectivity index (χ1v) is 9.05. The Balaban J connectivity index is 1.79. The van der Waals surface area contributed by atoms with Gasteiger partial charge in [-0.1, -0.05) is 19.8 Å². The molecule has 1 aliphatic carbocycles. The van der Waals surface area contributed by atoms with Gasteiger partial charge in [0.05, 0.1) is 6.10 Å². The summed E-state index contributed by atoms with van der Waals surface area (Å²) in [7, 11) is 0. The van der Waals surface area contributed by atoms with E-state index in [1.54, 1.807) is 0 Å². The van der Waals surface area contributed by atoms with Crippen LogP contribution in [0.2, 0.25) is 0 Å². The number of hydrogen-bond donors (Lipinski definition) is 1. The van der Waals surface area contributed by atoms with Gasteiger partial charge in [-0.15, -0.1) is 0 Å². The van der Waals surface area contributed by atoms with Crippen LogP contribution in [0.4, 0.5) is 0 Å². The lowest BCUT2D eigenvalue weighted by Gasteiger charge is -2.44. The van der Waals surface area contributed by atoms with Crippen LogP contribution in [0.25, 0.3) is 0 Å². The largest absolute Gasteiger partial charge is 0.393 e. The third-order valence-corrected chi connectivity index (χ3v) is 5.56. The third kappa shape index (κ3) is 4.94. The van der Waals surface area contributed by atoms with E-state index in [0.29, 0.717) is 11.5 Å². The van der Waals surface area contributed by atoms with E-state index in [4.69, 9.17) is 0 Å². The standard InChI is InChI=1S/C18H36N2O/c1-5-6-15-7-8-17(21)16(13-15)14-19-9-11-20(12-10-19)18(2,3)4/h15-17,21H,5-14H2,1-4H3. The van der Waals surface area contributed by atoms with E-state index in [1.807, 2.05) is 0 Å². The zero-order valence-corrected chi connectivity index (χ0v) is 14.6. The van der Waals surface area contributed by atoms with Crippen molar-refractivity contribution in [1.82, 2.24) is 9.80 Å². The second-order valence-electron chi connectivity index (χ2n) is 8.25. The van der Waals surface area contributed by atoms with Gasteiger partial charge in [-0.2, -0.15) is 0 Å². The molecule has 2 fully saturated rings. The summed E-state index contributed by atoms with van der Waals surface area (Å²) in [6.45, 7) is 15.0. The highest BCUT2D eigenvalue weighted by molar-refractivity contribution is 4.86. The van der Waals surface area contributed by atoms with Crippen LogP contribution in [-0.2, 0) is 0 Å². The minimum atomic E-state index is -0.0567. The maximum atomic E-state index is 10.3. The molecule has 2 rings (SSSR count). The van der Waals surface area contributed by atoms with Gasteiger partial charge >= 0.3 is 0 Å². The molecule has 3 atom stereocenters. The van der Waals surface area contributed by atoms with Crippen LogP contribution in [0.15, 0.2) is 0 Å². The number of nitrogens with zero attached hydrogens (tertiary/aromatic N) is 2. The molecule has 3 heteroatoms. The maximum Gasteiger partial charge on any atom is 0.0580 e. The highest BCUT2D eigenvalue weighted by atomic mass is 16.3. The van der Waals surface area contributed by atoms with Gasteiger partial charge in [0.15, 0.2) is 0 Å². The van der Waals surface area contributed by atoms with Gasteiger partial charge in [0.1, 0.15) is 0 Å². The summed E-state index contributed by atoms with van der Waals surface area (Å²) >= 11 is 0. The molecule has 124 valence electrons. The van der Waals surface area contributed by atoms with Gasteiger partial charge in [-0.3, -0.25) is 4.90 Å². The molecule has 1 aliphatic heterocycles. The fourth-order valence-corrected chi connectivity index (χ4v) is 4.14. The molecule has 0 aromatic carbocycles. The Labute approximate surface area is 131 Å². The van der Waals surface area contributed by atoms with Crippen molar-refractivity contribution in [1.29, 1.82) is 0 Å². The average Bonchev–Trinajstić information content (AvgIpc) is 2.42. The number of rotatable bonds is 4. The van der Waals surface area contributed by atoms with E-state index in [2.05, 4.69) is 37.5 Å². The minimum absolute atomic E-state index is 0.0567. The second kappa shape index (κ2) is 7.43. The van der Waals surface area contributed by atoms with Crippen molar-refractivity contribution in [2.45, 2.75) is 71.4 Å². The van der Waals surface area contributed by atoms with E-state index in [0.717, 1.165) is 18.9 Å². The van der Waals surface area contributed by atoms with Crippen molar-refractivity contribution in [2.75, 3.05) is 32.7 Å². The van der Waals surface area contributed by atoms with Crippen LogP contribution in [-0.4, -0.2) is 59.3 Å². The minimum Gasteiger partial charge on any atom is -0.393 e. The van der Waals surface area contributed by atoms with Crippen molar-refractivity contribution in [3.05, 3.63) is 0 Å². The van der Waals surface area contributed by atoms with Gasteiger partial charge in [0, 0.05) is 38.3 Å². The topological polar surface area (TPSA) is 26.7 Å². The number of aliphatic hydroxyl groups excluding tert-OH is 1. The van der Waals surface area contributed by atoms with Crippen molar-refractivity contribution < 1.29 is 5.11 Å². The Morgan fingerprint density at radius 3 is 2.29 bits per heavy atom. The van der Waals surface area contributed by atoms with E-state index in [1.165, 1.54) is 51.9 Å². The molecule has 1 heterocycles. The summed E-state index contributed by atoms with van der Waals surface area (Å²) in [5.41, 5.74) is 0.294. The van der Waals surface area contributed by atoms with E-state index < -0.39 is 0 Å². The Hall–Kier alpha value is -0.120. The third-order valence-electron chi connectivity index (χ3n) is 5.56. The molecule has 3 nitrogen and oxygen atoms in total. The first-order chi connectivity index (χ1) is 9.90. The van der Waals surface area contributed by atoms with Crippen molar-refractivity contribution >= 4 is 0 Å². The Morgan fingerprint density at radius 1 is 1.05 bits per heavy atom. The Bertz CT molecular complexity index is 305. The van der Waals surface area contributed by atoms with Gasteiger partial charge in [0.2, 0.25) is 0 Å². The van der Waals surface area contributed by atoms with Crippen LogP contribution in [0.1, 0.15) is 59.8 Å². The van der Waals surface area contributed by atoms with Gasteiger partial charge in [0.25, 0.3) is 0 Å². The molecule has 0 bridgehead atoms. The summed E-state index contributed by atoms with van der Waals surface area (Å²) in [5.74, 6) is 1.37. The fourth-order valence-electron chi connectivity index (χ4n) is 4.14. The molecular formula is C18H36N2O. The number of piperazine rings is 1. The summed E-state index contributed by atoms with van der Waals surface area (Å²) in [6, 6.07) is 0. The quantitative estimate of drug-likeness (QED) is 0.864. The lowest BCUT2D eigenvalue weighted by Crippen LogP contribution is -2.54. The summed E-state index contributed by atoms with van der Waals surface area (Å²) in [6.07, 6.45) is 6.09. The Morgan fingerprint density at radius 2 is 1.71 bits per heavy atom. The molecule has 1 saturated heterocycles. The van der Waals surface area contributed by atoms with Crippen LogP contribution < -0.4 is 0 Å². The molecule has 0 radical (unpaired) electrons. The molecule has 3 unspecified atom stereocenters. The Kier molecular flexibility index (Phi) is 6.10. The van der Waals surface area contributed by atoms with Gasteiger partial charge in [-0.25, -0.2) is 0 Å². The highest BCUT2D eigenvalue weighted by Crippen LogP contribution is 2.33. The fraction of sp³-hybridized carbons (Fsp3) is 1.00. The van der Waals surface area contributed by atoms with Gasteiger partial charge in [-0.05, 0) is 51.9 Å². The molecular weight excluding hydrogens is 260 g/mol. The zero-order chi connectivity index (χ0) is 15.5. The first-order valence-electron chi connectivity index (χ1n) is 9.05. The molecule has 0 aromatic rings. The molecule has 0 amide bonds. The number of aliphatic hydroxyl groups is 1. The van der Waals surface area contributed by atoms with Crippen molar-refractivity contribution in [2.24, 2.45) is 11.8 Å². The zero-order valence-electron chi connectivity index (χ0n) is 14.6. The predicted molar refractivity (Wildman–Crippen MR) is 89.5 cm³/mol. The lowest BCUT2D eigenvalue weighted by molar-refractivity contribution is 0.00437. The summed E-state index contributed by atoms with van der Waals surface area (Å²) in [5, 5.41) is 10.3. The normalized spacial score (nSPS) is 33.3. The SMILES string of the molecule is CCCC1CCC(O)C(CN2CCN(C(C)(C)C)CC2)C1. The molecule has 1 N–H and O–H groups in total. The predicted octanol–water partition coefficient (Wildman–Crippen LogP) is 2.98. The molecule has 21 heavy (non-hydrogen) atoms. The van der Waals surface area contributed by atoms with Crippen LogP contribution >= 0.6 is 0 Å². The average molecular weight is 296 g/mol. The van der Waals surface area contributed by atoms with E-state index in [9.17, 15) is 5.11 Å². The molecule has 0 spiro atoms. The number of hydrogen-bond acceptors (Lipinski definition) is 3. The monoisotopic (exact) mass is 296 g/mol. The van der Waals surface area contributed by atoms with Crippen molar-refractivity contribution in [3.63, 3.8) is 0 Å². The van der Waals surface area contributed by atoms with Crippen LogP contribution in [0.5, 0.6) is 0 Å². The van der Waals surface area contributed by atoms with Crippen molar-refractivity contribution in [3.8, 4) is 0 Å². The molecule has 1 saturated carbocycles.